The summed E-state index contributed by atoms with van der Waals surface area (Å²) in [5.74, 6) is 0.102. The Morgan fingerprint density at radius 2 is 1.88 bits per heavy atom. The van der Waals surface area contributed by atoms with Crippen LogP contribution in [0.2, 0.25) is 0 Å². The summed E-state index contributed by atoms with van der Waals surface area (Å²) in [7, 11) is 0. The van der Waals surface area contributed by atoms with Crippen molar-refractivity contribution in [2.45, 2.75) is 64.2 Å². The van der Waals surface area contributed by atoms with E-state index in [-0.39, 0.29) is 30.9 Å². The summed E-state index contributed by atoms with van der Waals surface area (Å²) in [6.45, 7) is 4.20. The molecule has 1 aliphatic heterocycles. The maximum atomic E-state index is 14.6. The highest BCUT2D eigenvalue weighted by molar-refractivity contribution is 6.00. The van der Waals surface area contributed by atoms with Crippen LogP contribution in [0.4, 0.5) is 4.39 Å². The van der Waals surface area contributed by atoms with Crippen LogP contribution in [0.25, 0.3) is 11.5 Å². The number of carbonyl (C=O) groups excluding carboxylic acids is 2. The van der Waals surface area contributed by atoms with Gasteiger partial charge in [-0.15, -0.1) is 0 Å². The van der Waals surface area contributed by atoms with E-state index in [2.05, 4.69) is 12.2 Å². The molecule has 0 spiro atoms. The second-order valence-electron chi connectivity index (χ2n) is 9.77. The third-order valence-electron chi connectivity index (χ3n) is 7.48. The van der Waals surface area contributed by atoms with Gasteiger partial charge in [0.05, 0.1) is 25.0 Å². The highest BCUT2D eigenvalue weighted by Crippen LogP contribution is 2.35. The fraction of sp³-hybridized carbons (Fsp3) is 0.407. The molecule has 1 aliphatic carbocycles. The van der Waals surface area contributed by atoms with E-state index in [9.17, 15) is 14.0 Å². The van der Waals surface area contributed by atoms with Gasteiger partial charge in [-0.25, -0.2) is 4.39 Å². The van der Waals surface area contributed by atoms with Crippen molar-refractivity contribution in [2.24, 2.45) is 5.92 Å². The van der Waals surface area contributed by atoms with E-state index in [1.165, 1.54) is 17.4 Å². The molecular weight excluding hydrogens is 433 g/mol. The molecule has 2 aromatic heterocycles. The van der Waals surface area contributed by atoms with Crippen LogP contribution < -0.4 is 5.32 Å². The average Bonchev–Trinajstić information content (AvgIpc) is 3.49. The lowest BCUT2D eigenvalue weighted by molar-refractivity contribution is -0.134. The van der Waals surface area contributed by atoms with E-state index in [0.717, 1.165) is 25.0 Å². The normalized spacial score (nSPS) is 24.7. The quantitative estimate of drug-likeness (QED) is 0.579. The maximum absolute atomic E-state index is 14.6. The lowest BCUT2D eigenvalue weighted by atomic mass is 9.85. The fourth-order valence-electron chi connectivity index (χ4n) is 5.31. The Labute approximate surface area is 198 Å². The first kappa shape index (κ1) is 22.4. The minimum Gasteiger partial charge on any atom is -0.463 e. The highest BCUT2D eigenvalue weighted by atomic mass is 19.1. The molecule has 1 N–H and O–H groups in total. The van der Waals surface area contributed by atoms with Crippen molar-refractivity contribution >= 4 is 11.8 Å². The Morgan fingerprint density at radius 3 is 2.62 bits per heavy atom. The van der Waals surface area contributed by atoms with E-state index in [4.69, 9.17) is 4.42 Å². The zero-order chi connectivity index (χ0) is 23.9. The first-order valence-corrected chi connectivity index (χ1v) is 12.0. The zero-order valence-corrected chi connectivity index (χ0v) is 19.6. The van der Waals surface area contributed by atoms with E-state index < -0.39 is 11.4 Å². The molecule has 1 saturated carbocycles. The second-order valence-corrected chi connectivity index (χ2v) is 9.77. The van der Waals surface area contributed by atoms with Crippen LogP contribution in [0, 0.1) is 11.7 Å². The number of halogens is 1. The third-order valence-corrected chi connectivity index (χ3v) is 7.48. The van der Waals surface area contributed by atoms with Gasteiger partial charge in [-0.1, -0.05) is 38.0 Å². The molecule has 3 aromatic rings. The summed E-state index contributed by atoms with van der Waals surface area (Å²) in [6, 6.07) is 13.7. The topological polar surface area (TPSA) is 67.5 Å². The predicted molar refractivity (Wildman–Crippen MR) is 126 cm³/mol. The summed E-state index contributed by atoms with van der Waals surface area (Å²) in [6.07, 6.45) is 5.83. The number of fused-ring (bicyclic) bond motifs is 1. The number of aromatic nitrogens is 1. The Kier molecular flexibility index (Phi) is 5.80. The van der Waals surface area contributed by atoms with Crippen molar-refractivity contribution in [1.82, 2.24) is 14.8 Å². The average molecular weight is 464 g/mol. The van der Waals surface area contributed by atoms with E-state index in [1.807, 2.05) is 16.7 Å². The first-order chi connectivity index (χ1) is 16.4. The standard InChI is InChI=1S/C27H30FN3O3/c1-18-8-3-6-11-21(18)29-26(33)27(2)17-30-22(24-12-7-15-34-24)13-14-23(30)25(32)31(27)16-19-9-4-5-10-20(19)28/h4-5,7,9-10,12-15,18,21H,3,6,8,11,16-17H2,1-2H3,(H,29,33)/t18-,21-,27+/m1/s1. The van der Waals surface area contributed by atoms with Crippen LogP contribution in [-0.2, 0) is 17.9 Å². The van der Waals surface area contributed by atoms with Crippen LogP contribution >= 0.6 is 0 Å². The maximum Gasteiger partial charge on any atom is 0.271 e. The number of nitrogens with one attached hydrogen (secondary N) is 1. The number of hydrogen-bond acceptors (Lipinski definition) is 3. The Balaban J connectivity index is 1.54. The molecule has 0 saturated heterocycles. The number of amides is 2. The molecule has 2 amide bonds. The molecule has 0 bridgehead atoms. The Bertz CT molecular complexity index is 1200. The number of nitrogens with zero attached hydrogens (tertiary/aromatic N) is 2. The third kappa shape index (κ3) is 3.83. The molecule has 34 heavy (non-hydrogen) atoms. The fourth-order valence-corrected chi connectivity index (χ4v) is 5.31. The van der Waals surface area contributed by atoms with E-state index in [1.54, 1.807) is 43.5 Å². The van der Waals surface area contributed by atoms with Gasteiger partial charge in [0, 0.05) is 11.6 Å². The van der Waals surface area contributed by atoms with Gasteiger partial charge in [0.25, 0.3) is 5.91 Å². The van der Waals surface area contributed by atoms with Gasteiger partial charge in [-0.3, -0.25) is 9.59 Å². The van der Waals surface area contributed by atoms with Crippen molar-refractivity contribution in [1.29, 1.82) is 0 Å². The van der Waals surface area contributed by atoms with Gasteiger partial charge in [-0.05, 0) is 56.0 Å². The molecule has 178 valence electrons. The van der Waals surface area contributed by atoms with Crippen LogP contribution in [0.1, 0.15) is 55.6 Å². The summed E-state index contributed by atoms with van der Waals surface area (Å²) >= 11 is 0. The molecule has 0 unspecified atom stereocenters. The molecule has 3 heterocycles. The van der Waals surface area contributed by atoms with Crippen molar-refractivity contribution in [2.75, 3.05) is 0 Å². The summed E-state index contributed by atoms with van der Waals surface area (Å²) in [4.78, 5) is 29.1. The molecule has 5 rings (SSSR count). The Morgan fingerprint density at radius 1 is 1.12 bits per heavy atom. The molecule has 1 fully saturated rings. The summed E-state index contributed by atoms with van der Waals surface area (Å²) in [5, 5.41) is 3.24. The van der Waals surface area contributed by atoms with Gasteiger partial charge in [0.1, 0.15) is 22.8 Å². The van der Waals surface area contributed by atoms with Crippen LogP contribution in [0.15, 0.2) is 59.2 Å². The molecule has 3 atom stereocenters. The largest absolute Gasteiger partial charge is 0.463 e. The van der Waals surface area contributed by atoms with E-state index in [0.29, 0.717) is 22.9 Å². The smallest absolute Gasteiger partial charge is 0.271 e. The Hall–Kier alpha value is -3.35. The molecular formula is C27H30FN3O3. The van der Waals surface area contributed by atoms with Gasteiger partial charge in [-0.2, -0.15) is 0 Å². The number of benzene rings is 1. The summed E-state index contributed by atoms with van der Waals surface area (Å²) in [5.41, 5.74) is 0.374. The SMILES string of the molecule is C[C@@H]1CCCC[C@H]1NC(=O)[C@]1(C)Cn2c(ccc2-c2ccco2)C(=O)N1Cc1ccccc1F. The lowest BCUT2D eigenvalue weighted by Crippen LogP contribution is -2.65. The number of carbonyl (C=O) groups is 2. The second kappa shape index (κ2) is 8.78. The van der Waals surface area contributed by atoms with Crippen LogP contribution in [0.5, 0.6) is 0 Å². The minimum atomic E-state index is -1.20. The van der Waals surface area contributed by atoms with Gasteiger partial charge >= 0.3 is 0 Å². The molecule has 0 radical (unpaired) electrons. The van der Waals surface area contributed by atoms with E-state index >= 15 is 0 Å². The molecule has 1 aromatic carbocycles. The predicted octanol–water partition coefficient (Wildman–Crippen LogP) is 5.00. The van der Waals surface area contributed by atoms with Crippen molar-refractivity contribution in [3.8, 4) is 11.5 Å². The van der Waals surface area contributed by atoms with Gasteiger partial charge in [0.15, 0.2) is 0 Å². The first-order valence-electron chi connectivity index (χ1n) is 12.0. The van der Waals surface area contributed by atoms with Crippen molar-refractivity contribution < 1.29 is 18.4 Å². The number of furan rings is 1. The van der Waals surface area contributed by atoms with Crippen LogP contribution in [-0.4, -0.2) is 32.9 Å². The van der Waals surface area contributed by atoms with Gasteiger partial charge in [0.2, 0.25) is 5.91 Å². The van der Waals surface area contributed by atoms with Crippen LogP contribution in [0.3, 0.4) is 0 Å². The minimum absolute atomic E-state index is 0.0108. The van der Waals surface area contributed by atoms with Crippen molar-refractivity contribution in [3.05, 3.63) is 71.9 Å². The monoisotopic (exact) mass is 463 g/mol. The highest BCUT2D eigenvalue weighted by Gasteiger charge is 2.48. The number of rotatable bonds is 5. The molecule has 2 aliphatic rings. The van der Waals surface area contributed by atoms with Crippen molar-refractivity contribution in [3.63, 3.8) is 0 Å². The molecule has 6 nitrogen and oxygen atoms in total. The summed E-state index contributed by atoms with van der Waals surface area (Å²) < 4.78 is 22.0. The lowest BCUT2D eigenvalue weighted by Gasteiger charge is -2.45. The van der Waals surface area contributed by atoms with Gasteiger partial charge < -0.3 is 19.2 Å². The number of hydrogen-bond donors (Lipinski definition) is 1. The zero-order valence-electron chi connectivity index (χ0n) is 19.6. The molecule has 7 heteroatoms.